The van der Waals surface area contributed by atoms with Crippen LogP contribution in [0.3, 0.4) is 0 Å². The Labute approximate surface area is 81.0 Å². The molecule has 0 saturated carbocycles. The van der Waals surface area contributed by atoms with Crippen LogP contribution in [0.15, 0.2) is 12.2 Å². The number of carboxylic acid groups (broad SMARTS) is 1. The topological polar surface area (TPSA) is 74.7 Å². The maximum Gasteiger partial charge on any atom is 0.308 e. The zero-order valence-electron chi connectivity index (χ0n) is 7.93. The Morgan fingerprint density at radius 1 is 1.29 bits per heavy atom. The van der Waals surface area contributed by atoms with Gasteiger partial charge < -0.3 is 5.11 Å². The van der Waals surface area contributed by atoms with Gasteiger partial charge in [0.05, 0.1) is 12.0 Å². The summed E-state index contributed by atoms with van der Waals surface area (Å²) in [7, 11) is 0. The predicted molar refractivity (Wildman–Crippen MR) is 47.3 cm³/mol. The molecule has 2 unspecified atom stereocenters. The molecule has 0 spiro atoms. The summed E-state index contributed by atoms with van der Waals surface area (Å²) in [5, 5.41) is 8.72. The van der Waals surface area contributed by atoms with E-state index in [-0.39, 0.29) is 0 Å². The molecule has 1 aliphatic heterocycles. The number of nitrogens with zero attached hydrogens (tertiary/aromatic N) is 1. The van der Waals surface area contributed by atoms with Crippen LogP contribution in [0.25, 0.3) is 0 Å². The number of carbonyl (C=O) groups is 3. The van der Waals surface area contributed by atoms with Crippen LogP contribution in [-0.4, -0.2) is 33.8 Å². The summed E-state index contributed by atoms with van der Waals surface area (Å²) in [6.45, 7) is 3.01. The molecule has 0 aromatic carbocycles. The first-order chi connectivity index (χ1) is 6.45. The molecule has 0 aromatic rings. The first-order valence-corrected chi connectivity index (χ1v) is 4.23. The molecule has 0 radical (unpaired) electrons. The molecule has 14 heavy (non-hydrogen) atoms. The van der Waals surface area contributed by atoms with Crippen LogP contribution in [0.5, 0.6) is 0 Å². The number of amides is 2. The SMILES string of the molecule is CC(C(=O)O)C(C)N1C(=O)C=CC1=O. The summed E-state index contributed by atoms with van der Waals surface area (Å²) in [5.41, 5.74) is 0. The van der Waals surface area contributed by atoms with Crippen molar-refractivity contribution in [3.05, 3.63) is 12.2 Å². The van der Waals surface area contributed by atoms with Crippen molar-refractivity contribution in [3.8, 4) is 0 Å². The molecule has 1 N–H and O–H groups in total. The molecule has 5 nitrogen and oxygen atoms in total. The van der Waals surface area contributed by atoms with E-state index in [0.29, 0.717) is 0 Å². The number of carboxylic acids is 1. The highest BCUT2D eigenvalue weighted by Gasteiger charge is 2.34. The van der Waals surface area contributed by atoms with E-state index in [1.165, 1.54) is 6.92 Å². The van der Waals surface area contributed by atoms with Gasteiger partial charge in [0.25, 0.3) is 11.8 Å². The molecule has 0 saturated heterocycles. The third-order valence-electron chi connectivity index (χ3n) is 2.36. The fraction of sp³-hybridized carbons (Fsp3) is 0.444. The molecule has 5 heteroatoms. The smallest absolute Gasteiger partial charge is 0.308 e. The van der Waals surface area contributed by atoms with Gasteiger partial charge in [-0.3, -0.25) is 19.3 Å². The minimum Gasteiger partial charge on any atom is -0.481 e. The van der Waals surface area contributed by atoms with E-state index in [1.54, 1.807) is 6.92 Å². The number of rotatable bonds is 3. The minimum absolute atomic E-state index is 0.449. The maximum absolute atomic E-state index is 11.2. The second-order valence-corrected chi connectivity index (χ2v) is 3.25. The second-order valence-electron chi connectivity index (χ2n) is 3.25. The standard InChI is InChI=1S/C9H11NO4/c1-5(9(13)14)6(2)10-7(11)3-4-8(10)12/h3-6H,1-2H3,(H,13,14). The van der Waals surface area contributed by atoms with Crippen LogP contribution in [0.2, 0.25) is 0 Å². The maximum atomic E-state index is 11.2. The van der Waals surface area contributed by atoms with Crippen molar-refractivity contribution in [2.45, 2.75) is 19.9 Å². The molecular weight excluding hydrogens is 186 g/mol. The van der Waals surface area contributed by atoms with Gasteiger partial charge in [0.1, 0.15) is 0 Å². The van der Waals surface area contributed by atoms with E-state index in [2.05, 4.69) is 0 Å². The van der Waals surface area contributed by atoms with Crippen molar-refractivity contribution in [1.82, 2.24) is 4.90 Å². The summed E-state index contributed by atoms with van der Waals surface area (Å²) in [6.07, 6.45) is 2.29. The summed E-state index contributed by atoms with van der Waals surface area (Å²) in [6, 6.07) is -0.623. The van der Waals surface area contributed by atoms with Gasteiger partial charge in [0.2, 0.25) is 0 Å². The van der Waals surface area contributed by atoms with E-state index in [9.17, 15) is 14.4 Å². The molecule has 0 bridgehead atoms. The molecular formula is C9H11NO4. The van der Waals surface area contributed by atoms with Crippen molar-refractivity contribution in [1.29, 1.82) is 0 Å². The molecule has 0 aliphatic carbocycles. The number of carbonyl (C=O) groups excluding carboxylic acids is 2. The third-order valence-corrected chi connectivity index (χ3v) is 2.36. The molecule has 1 aliphatic rings. The molecule has 2 amide bonds. The average molecular weight is 197 g/mol. The van der Waals surface area contributed by atoms with Gasteiger partial charge in [-0.05, 0) is 13.8 Å². The summed E-state index contributed by atoms with van der Waals surface area (Å²) in [4.78, 5) is 34.0. The van der Waals surface area contributed by atoms with Crippen molar-refractivity contribution in [2.24, 2.45) is 5.92 Å². The fourth-order valence-corrected chi connectivity index (χ4v) is 1.24. The molecule has 0 aromatic heterocycles. The molecule has 0 fully saturated rings. The van der Waals surface area contributed by atoms with Crippen molar-refractivity contribution < 1.29 is 19.5 Å². The van der Waals surface area contributed by atoms with Crippen molar-refractivity contribution in [3.63, 3.8) is 0 Å². The Morgan fingerprint density at radius 2 is 1.71 bits per heavy atom. The third kappa shape index (κ3) is 1.66. The van der Waals surface area contributed by atoms with E-state index >= 15 is 0 Å². The highest BCUT2D eigenvalue weighted by molar-refractivity contribution is 6.13. The second kappa shape index (κ2) is 3.61. The van der Waals surface area contributed by atoms with Gasteiger partial charge in [0.15, 0.2) is 0 Å². The number of hydrogen-bond acceptors (Lipinski definition) is 3. The highest BCUT2D eigenvalue weighted by Crippen LogP contribution is 2.15. The first-order valence-electron chi connectivity index (χ1n) is 4.23. The van der Waals surface area contributed by atoms with Crippen molar-refractivity contribution >= 4 is 17.8 Å². The lowest BCUT2D eigenvalue weighted by atomic mass is 10.0. The van der Waals surface area contributed by atoms with E-state index in [4.69, 9.17) is 5.11 Å². The van der Waals surface area contributed by atoms with Gasteiger partial charge in [0, 0.05) is 12.2 Å². The normalized spacial score (nSPS) is 20.0. The Kier molecular flexibility index (Phi) is 2.69. The summed E-state index contributed by atoms with van der Waals surface area (Å²) >= 11 is 0. The Balaban J connectivity index is 2.80. The van der Waals surface area contributed by atoms with Crippen LogP contribution in [0.4, 0.5) is 0 Å². The predicted octanol–water partition coefficient (Wildman–Crippen LogP) is 0.0206. The Bertz CT molecular complexity index is 303. The van der Waals surface area contributed by atoms with Crippen LogP contribution >= 0.6 is 0 Å². The van der Waals surface area contributed by atoms with Gasteiger partial charge >= 0.3 is 5.97 Å². The monoisotopic (exact) mass is 197 g/mol. The lowest BCUT2D eigenvalue weighted by Crippen LogP contribution is -2.44. The van der Waals surface area contributed by atoms with E-state index in [0.717, 1.165) is 17.1 Å². The van der Waals surface area contributed by atoms with Gasteiger partial charge in [-0.1, -0.05) is 0 Å². The average Bonchev–Trinajstić information content (AvgIpc) is 2.44. The molecule has 1 heterocycles. The lowest BCUT2D eigenvalue weighted by Gasteiger charge is -2.25. The van der Waals surface area contributed by atoms with Gasteiger partial charge in [-0.15, -0.1) is 0 Å². The highest BCUT2D eigenvalue weighted by atomic mass is 16.4. The Hall–Kier alpha value is -1.65. The Morgan fingerprint density at radius 3 is 2.07 bits per heavy atom. The molecule has 76 valence electrons. The summed E-state index contributed by atoms with van der Waals surface area (Å²) in [5.74, 6) is -2.68. The fourth-order valence-electron chi connectivity index (χ4n) is 1.24. The van der Waals surface area contributed by atoms with Gasteiger partial charge in [-0.25, -0.2) is 0 Å². The number of hydrogen-bond donors (Lipinski definition) is 1. The molecule has 1 rings (SSSR count). The first kappa shape index (κ1) is 10.4. The lowest BCUT2D eigenvalue weighted by molar-refractivity contribution is -0.147. The van der Waals surface area contributed by atoms with E-state index in [1.807, 2.05) is 0 Å². The van der Waals surface area contributed by atoms with Crippen LogP contribution in [-0.2, 0) is 14.4 Å². The van der Waals surface area contributed by atoms with Crippen LogP contribution < -0.4 is 0 Å². The minimum atomic E-state index is -1.02. The quantitative estimate of drug-likeness (QED) is 0.647. The zero-order chi connectivity index (χ0) is 10.9. The molecule has 2 atom stereocenters. The largest absolute Gasteiger partial charge is 0.481 e. The van der Waals surface area contributed by atoms with Crippen LogP contribution in [0.1, 0.15) is 13.8 Å². The van der Waals surface area contributed by atoms with E-state index < -0.39 is 29.7 Å². The zero-order valence-corrected chi connectivity index (χ0v) is 7.93. The number of imide groups is 1. The summed E-state index contributed by atoms with van der Waals surface area (Å²) < 4.78 is 0. The van der Waals surface area contributed by atoms with Crippen LogP contribution in [0, 0.1) is 5.92 Å². The van der Waals surface area contributed by atoms with Gasteiger partial charge in [-0.2, -0.15) is 0 Å². The number of aliphatic carboxylic acids is 1. The van der Waals surface area contributed by atoms with Crippen molar-refractivity contribution in [2.75, 3.05) is 0 Å².